The van der Waals surface area contributed by atoms with Gasteiger partial charge in [0.25, 0.3) is 0 Å². The topological polar surface area (TPSA) is 12.4 Å². The lowest BCUT2D eigenvalue weighted by Gasteiger charge is -2.16. The molecule has 0 aromatic heterocycles. The molecule has 3 aromatic rings. The van der Waals surface area contributed by atoms with Crippen molar-refractivity contribution in [2.24, 2.45) is 4.99 Å². The Hall–Kier alpha value is -2.45. The molecule has 0 spiro atoms. The summed E-state index contributed by atoms with van der Waals surface area (Å²) in [6, 6.07) is 29.0. The summed E-state index contributed by atoms with van der Waals surface area (Å²) in [6.07, 6.45) is 2.72. The Balaban J connectivity index is 2.13. The molecular formula is C23H20BrN. The van der Waals surface area contributed by atoms with E-state index >= 15 is 0 Å². The molecule has 0 saturated heterocycles. The molecule has 0 amide bonds. The van der Waals surface area contributed by atoms with Crippen LogP contribution in [0.3, 0.4) is 0 Å². The molecule has 0 aliphatic heterocycles. The van der Waals surface area contributed by atoms with Crippen LogP contribution in [-0.2, 0) is 0 Å². The highest BCUT2D eigenvalue weighted by Crippen LogP contribution is 2.30. The van der Waals surface area contributed by atoms with E-state index in [1.807, 2.05) is 24.3 Å². The van der Waals surface area contributed by atoms with Gasteiger partial charge in [0.2, 0.25) is 0 Å². The minimum atomic E-state index is 0.0171. The fourth-order valence-electron chi connectivity index (χ4n) is 2.82. The van der Waals surface area contributed by atoms with E-state index in [2.05, 4.69) is 89.2 Å². The molecule has 0 saturated carbocycles. The number of halogens is 1. The molecule has 0 fully saturated rings. The monoisotopic (exact) mass is 389 g/mol. The third-order valence-electron chi connectivity index (χ3n) is 4.03. The quantitative estimate of drug-likeness (QED) is 0.332. The second kappa shape index (κ2) is 8.59. The maximum absolute atomic E-state index is 5.15. The van der Waals surface area contributed by atoms with E-state index in [-0.39, 0.29) is 6.04 Å². The number of hydrogen-bond acceptors (Lipinski definition) is 1. The normalized spacial score (nSPS) is 11.6. The van der Waals surface area contributed by atoms with Gasteiger partial charge in [-0.3, -0.25) is 4.99 Å². The van der Waals surface area contributed by atoms with Gasteiger partial charge < -0.3 is 0 Å². The van der Waals surface area contributed by atoms with Crippen molar-refractivity contribution in [2.75, 3.05) is 0 Å². The van der Waals surface area contributed by atoms with Gasteiger partial charge in [-0.2, -0.15) is 0 Å². The summed E-state index contributed by atoms with van der Waals surface area (Å²) in [7, 11) is 0. The molecule has 0 aliphatic rings. The molecule has 0 radical (unpaired) electrons. The first kappa shape index (κ1) is 17.4. The lowest BCUT2D eigenvalue weighted by molar-refractivity contribution is 0.741. The highest BCUT2D eigenvalue weighted by molar-refractivity contribution is 9.10. The maximum atomic E-state index is 5.15. The Morgan fingerprint density at radius 1 is 0.840 bits per heavy atom. The third-order valence-corrected chi connectivity index (χ3v) is 4.76. The average Bonchev–Trinajstić information content (AvgIpc) is 2.67. The lowest BCUT2D eigenvalue weighted by atomic mass is 9.99. The Labute approximate surface area is 157 Å². The predicted octanol–water partition coefficient (Wildman–Crippen LogP) is 6.60. The highest BCUT2D eigenvalue weighted by Gasteiger charge is 2.15. The average molecular weight is 390 g/mol. The number of aliphatic imine (C=N–C) groups is 1. The molecule has 0 bridgehead atoms. The fourth-order valence-corrected chi connectivity index (χ4v) is 3.37. The van der Waals surface area contributed by atoms with Crippen LogP contribution >= 0.6 is 15.9 Å². The zero-order valence-corrected chi connectivity index (χ0v) is 15.6. The van der Waals surface area contributed by atoms with Crippen molar-refractivity contribution in [1.82, 2.24) is 0 Å². The van der Waals surface area contributed by atoms with Gasteiger partial charge in [0.1, 0.15) is 0 Å². The second-order valence-electron chi connectivity index (χ2n) is 5.77. The summed E-state index contributed by atoms with van der Waals surface area (Å²) in [5, 5.41) is 0. The number of hydrogen-bond donors (Lipinski definition) is 0. The van der Waals surface area contributed by atoms with E-state index in [4.69, 9.17) is 4.99 Å². The van der Waals surface area contributed by atoms with Gasteiger partial charge in [0.15, 0.2) is 0 Å². The van der Waals surface area contributed by atoms with Crippen LogP contribution in [0, 0.1) is 0 Å². The van der Waals surface area contributed by atoms with Crippen LogP contribution < -0.4 is 0 Å². The Morgan fingerprint density at radius 2 is 1.36 bits per heavy atom. The van der Waals surface area contributed by atoms with Crippen molar-refractivity contribution in [1.29, 1.82) is 0 Å². The molecule has 3 rings (SSSR count). The molecule has 0 unspecified atom stereocenters. The standard InChI is InChI=1S/C23H20BrN/c1-2-11-22(20-16-9-10-17-21(20)24)25-23(18-12-5-3-6-13-18)19-14-7-4-8-15-19/h2-10,12-17,22H,1,11H2/t22-/m0/s1. The van der Waals surface area contributed by atoms with Crippen LogP contribution in [0.2, 0.25) is 0 Å². The number of rotatable bonds is 6. The number of benzene rings is 3. The smallest absolute Gasteiger partial charge is 0.0801 e. The van der Waals surface area contributed by atoms with Crippen molar-refractivity contribution in [3.05, 3.63) is 119 Å². The SMILES string of the molecule is C=CC[C@H](N=C(c1ccccc1)c1ccccc1)c1ccccc1Br. The molecule has 0 N–H and O–H groups in total. The van der Waals surface area contributed by atoms with Crippen molar-refractivity contribution in [2.45, 2.75) is 12.5 Å². The van der Waals surface area contributed by atoms with Gasteiger partial charge in [-0.25, -0.2) is 0 Å². The van der Waals surface area contributed by atoms with E-state index in [0.717, 1.165) is 27.7 Å². The Bertz CT molecular complexity index is 812. The minimum Gasteiger partial charge on any atom is -0.276 e. The van der Waals surface area contributed by atoms with Crippen LogP contribution in [0.5, 0.6) is 0 Å². The van der Waals surface area contributed by atoms with Crippen LogP contribution in [0.15, 0.2) is 107 Å². The van der Waals surface area contributed by atoms with Gasteiger partial charge in [-0.1, -0.05) is 101 Å². The summed E-state index contributed by atoms with van der Waals surface area (Å²) in [5.41, 5.74) is 4.42. The van der Waals surface area contributed by atoms with Gasteiger partial charge in [0.05, 0.1) is 11.8 Å². The first-order valence-corrected chi connectivity index (χ1v) is 9.13. The Morgan fingerprint density at radius 3 is 1.88 bits per heavy atom. The van der Waals surface area contributed by atoms with E-state index in [0.29, 0.717) is 0 Å². The first-order valence-electron chi connectivity index (χ1n) is 8.33. The highest BCUT2D eigenvalue weighted by atomic mass is 79.9. The summed E-state index contributed by atoms with van der Waals surface area (Å²) in [5.74, 6) is 0. The van der Waals surface area contributed by atoms with Crippen molar-refractivity contribution in [3.8, 4) is 0 Å². The van der Waals surface area contributed by atoms with Crippen LogP contribution in [0.4, 0.5) is 0 Å². The molecule has 0 heterocycles. The van der Waals surface area contributed by atoms with E-state index in [9.17, 15) is 0 Å². The predicted molar refractivity (Wildman–Crippen MR) is 110 cm³/mol. The van der Waals surface area contributed by atoms with Crippen molar-refractivity contribution < 1.29 is 0 Å². The molecule has 1 nitrogen and oxygen atoms in total. The number of nitrogens with zero attached hydrogens (tertiary/aromatic N) is 1. The lowest BCUT2D eigenvalue weighted by Crippen LogP contribution is -2.07. The third kappa shape index (κ3) is 4.34. The van der Waals surface area contributed by atoms with E-state index < -0.39 is 0 Å². The molecule has 124 valence electrons. The molecule has 2 heteroatoms. The maximum Gasteiger partial charge on any atom is 0.0801 e. The molecular weight excluding hydrogens is 370 g/mol. The second-order valence-corrected chi connectivity index (χ2v) is 6.63. The Kier molecular flexibility index (Phi) is 5.97. The van der Waals surface area contributed by atoms with Crippen LogP contribution in [-0.4, -0.2) is 5.71 Å². The minimum absolute atomic E-state index is 0.0171. The molecule has 0 aliphatic carbocycles. The van der Waals surface area contributed by atoms with Crippen LogP contribution in [0.1, 0.15) is 29.2 Å². The van der Waals surface area contributed by atoms with Gasteiger partial charge in [-0.15, -0.1) is 6.58 Å². The fraction of sp³-hybridized carbons (Fsp3) is 0.0870. The summed E-state index contributed by atoms with van der Waals surface area (Å²) < 4.78 is 1.08. The summed E-state index contributed by atoms with van der Waals surface area (Å²) in [4.78, 5) is 5.15. The zero-order chi connectivity index (χ0) is 17.5. The summed E-state index contributed by atoms with van der Waals surface area (Å²) >= 11 is 3.67. The zero-order valence-electron chi connectivity index (χ0n) is 14.0. The van der Waals surface area contributed by atoms with E-state index in [1.165, 1.54) is 5.56 Å². The van der Waals surface area contributed by atoms with Gasteiger partial charge >= 0.3 is 0 Å². The van der Waals surface area contributed by atoms with Crippen LogP contribution in [0.25, 0.3) is 0 Å². The van der Waals surface area contributed by atoms with Gasteiger partial charge in [-0.05, 0) is 18.1 Å². The van der Waals surface area contributed by atoms with E-state index in [1.54, 1.807) is 0 Å². The van der Waals surface area contributed by atoms with Crippen molar-refractivity contribution >= 4 is 21.6 Å². The molecule has 25 heavy (non-hydrogen) atoms. The summed E-state index contributed by atoms with van der Waals surface area (Å²) in [6.45, 7) is 3.92. The largest absolute Gasteiger partial charge is 0.276 e. The molecule has 3 aromatic carbocycles. The van der Waals surface area contributed by atoms with Crippen molar-refractivity contribution in [3.63, 3.8) is 0 Å². The van der Waals surface area contributed by atoms with Gasteiger partial charge in [0, 0.05) is 15.6 Å². The first-order chi connectivity index (χ1) is 12.3. The molecule has 1 atom stereocenters.